The molecule has 0 bridgehead atoms. The molecule has 2 aromatic carbocycles. The number of likely N-dealkylation sites (tertiary alicyclic amines) is 1. The maximum atomic E-state index is 12.6. The molecule has 192 valence electrons. The maximum absolute atomic E-state index is 12.6. The summed E-state index contributed by atoms with van der Waals surface area (Å²) >= 11 is 0. The fourth-order valence-electron chi connectivity index (χ4n) is 5.31. The quantitative estimate of drug-likeness (QED) is 0.444. The van der Waals surface area contributed by atoms with E-state index in [1.807, 2.05) is 84.6 Å². The zero-order valence-corrected chi connectivity index (χ0v) is 21.4. The minimum atomic E-state index is 0.112. The Balaban J connectivity index is 1.21. The second-order valence-corrected chi connectivity index (χ2v) is 10.3. The summed E-state index contributed by atoms with van der Waals surface area (Å²) in [5, 5.41) is 3.60. The average Bonchev–Trinajstić information content (AvgIpc) is 3.31. The lowest BCUT2D eigenvalue weighted by atomic mass is 9.65. The molecular weight excluding hydrogens is 464 g/mol. The lowest BCUT2D eigenvalue weighted by Gasteiger charge is -2.45. The van der Waals surface area contributed by atoms with Crippen molar-refractivity contribution in [1.29, 1.82) is 0 Å². The number of hydrogen-bond donors (Lipinski definition) is 2. The largest absolute Gasteiger partial charge is 0.457 e. The van der Waals surface area contributed by atoms with Crippen molar-refractivity contribution in [3.8, 4) is 22.6 Å². The number of benzene rings is 2. The highest BCUT2D eigenvalue weighted by Gasteiger charge is 2.49. The Labute approximate surface area is 218 Å². The molecule has 1 saturated heterocycles. The van der Waals surface area contributed by atoms with Crippen LogP contribution in [-0.4, -0.2) is 65.4 Å². The van der Waals surface area contributed by atoms with E-state index in [9.17, 15) is 4.79 Å². The molecule has 5 rings (SSSR count). The number of nitrogens with one attached hydrogen (secondary N) is 1. The van der Waals surface area contributed by atoms with Gasteiger partial charge in [-0.15, -0.1) is 0 Å². The van der Waals surface area contributed by atoms with Gasteiger partial charge in [0.25, 0.3) is 0 Å². The van der Waals surface area contributed by atoms with E-state index in [-0.39, 0.29) is 17.4 Å². The lowest BCUT2D eigenvalue weighted by Crippen LogP contribution is -2.47. The minimum Gasteiger partial charge on any atom is -0.457 e. The number of carbonyl (C=O) groups excluding carboxylic acids is 1. The highest BCUT2D eigenvalue weighted by molar-refractivity contribution is 5.88. The fraction of sp³-hybridized carbons (Fsp3) is 0.345. The van der Waals surface area contributed by atoms with E-state index >= 15 is 0 Å². The number of hydrogen-bond acceptors (Lipinski definition) is 7. The van der Waals surface area contributed by atoms with Gasteiger partial charge in [-0.25, -0.2) is 9.97 Å². The summed E-state index contributed by atoms with van der Waals surface area (Å²) in [6, 6.07) is 17.8. The second-order valence-electron chi connectivity index (χ2n) is 10.3. The van der Waals surface area contributed by atoms with Crippen molar-refractivity contribution < 1.29 is 9.53 Å². The molecule has 0 radical (unpaired) electrons. The first kappa shape index (κ1) is 24.8. The van der Waals surface area contributed by atoms with E-state index in [2.05, 4.69) is 15.3 Å². The first-order valence-electron chi connectivity index (χ1n) is 12.7. The molecule has 1 amide bonds. The second kappa shape index (κ2) is 10.6. The number of nitrogens with two attached hydrogens (primary N) is 1. The summed E-state index contributed by atoms with van der Waals surface area (Å²) in [6.45, 7) is 2.41. The molecule has 1 aliphatic carbocycles. The first-order chi connectivity index (χ1) is 17.9. The zero-order chi connectivity index (χ0) is 25.8. The molecule has 3 aromatic rings. The predicted octanol–water partition coefficient (Wildman–Crippen LogP) is 4.43. The fourth-order valence-corrected chi connectivity index (χ4v) is 5.31. The van der Waals surface area contributed by atoms with Gasteiger partial charge in [0.05, 0.1) is 5.56 Å². The molecule has 1 spiro atoms. The minimum absolute atomic E-state index is 0.112. The number of likely N-dealkylation sites (N-methyl/N-ethyl adjacent to an activating group) is 1. The van der Waals surface area contributed by atoms with Gasteiger partial charge in [-0.3, -0.25) is 4.79 Å². The van der Waals surface area contributed by atoms with Crippen LogP contribution >= 0.6 is 0 Å². The smallest absolute Gasteiger partial charge is 0.246 e. The molecule has 1 aromatic heterocycles. The number of carbonyl (C=O) groups is 1. The van der Waals surface area contributed by atoms with Gasteiger partial charge in [-0.05, 0) is 68.6 Å². The number of nitrogen functional groups attached to an aromatic ring is 1. The van der Waals surface area contributed by atoms with Crippen LogP contribution in [0.25, 0.3) is 11.1 Å². The Hall–Kier alpha value is -3.91. The number of aromatic nitrogens is 2. The van der Waals surface area contributed by atoms with Crippen LogP contribution in [0, 0.1) is 5.41 Å². The van der Waals surface area contributed by atoms with Crippen LogP contribution in [0.4, 0.5) is 11.6 Å². The summed E-state index contributed by atoms with van der Waals surface area (Å²) in [5.41, 5.74) is 8.22. The molecule has 2 heterocycles. The molecule has 3 N–H and O–H groups in total. The molecular formula is C29H34N6O2. The third-order valence-corrected chi connectivity index (χ3v) is 7.18. The Morgan fingerprint density at radius 1 is 1.14 bits per heavy atom. The van der Waals surface area contributed by atoms with Gasteiger partial charge < -0.3 is 25.6 Å². The predicted molar refractivity (Wildman–Crippen MR) is 146 cm³/mol. The highest BCUT2D eigenvalue weighted by atomic mass is 16.5. The molecule has 0 atom stereocenters. The third-order valence-electron chi connectivity index (χ3n) is 7.18. The van der Waals surface area contributed by atoms with Crippen molar-refractivity contribution in [3.63, 3.8) is 0 Å². The van der Waals surface area contributed by atoms with Crippen LogP contribution < -0.4 is 15.8 Å². The van der Waals surface area contributed by atoms with Gasteiger partial charge in [0.15, 0.2) is 0 Å². The highest BCUT2D eigenvalue weighted by Crippen LogP contribution is 2.49. The van der Waals surface area contributed by atoms with Crippen molar-refractivity contribution in [2.24, 2.45) is 5.41 Å². The number of ether oxygens (including phenoxy) is 1. The maximum Gasteiger partial charge on any atom is 0.246 e. The molecule has 2 aliphatic rings. The Morgan fingerprint density at radius 2 is 1.86 bits per heavy atom. The topological polar surface area (TPSA) is 96.6 Å². The van der Waals surface area contributed by atoms with E-state index in [1.54, 1.807) is 6.08 Å². The van der Waals surface area contributed by atoms with Crippen LogP contribution in [0.1, 0.15) is 19.3 Å². The standard InChI is InChI=1S/C29H34N6O2/c1-34(2)15-6-9-25(36)35-16-14-29(19-35)17-22(18-29)33-28-26(27(30)31-20-32-28)21-10-12-24(13-11-21)37-23-7-4-3-5-8-23/h3-13,20,22H,14-19H2,1-2H3,(H3,30,31,32,33). The van der Waals surface area contributed by atoms with Gasteiger partial charge in [-0.1, -0.05) is 36.4 Å². The summed E-state index contributed by atoms with van der Waals surface area (Å²) in [7, 11) is 3.99. The van der Waals surface area contributed by atoms with Crippen molar-refractivity contribution >= 4 is 17.5 Å². The van der Waals surface area contributed by atoms with Crippen LogP contribution in [-0.2, 0) is 4.79 Å². The van der Waals surface area contributed by atoms with E-state index in [0.29, 0.717) is 5.82 Å². The summed E-state index contributed by atoms with van der Waals surface area (Å²) in [5.74, 6) is 2.82. The molecule has 2 fully saturated rings. The monoisotopic (exact) mass is 498 g/mol. The Kier molecular flexibility index (Phi) is 7.10. The van der Waals surface area contributed by atoms with E-state index in [1.165, 1.54) is 6.33 Å². The molecule has 37 heavy (non-hydrogen) atoms. The number of nitrogens with zero attached hydrogens (tertiary/aromatic N) is 4. The van der Waals surface area contributed by atoms with Gasteiger partial charge in [-0.2, -0.15) is 0 Å². The number of anilines is 2. The summed E-state index contributed by atoms with van der Waals surface area (Å²) in [6.07, 6.45) is 8.19. The lowest BCUT2D eigenvalue weighted by molar-refractivity contribution is -0.125. The van der Waals surface area contributed by atoms with Crippen molar-refractivity contribution in [2.45, 2.75) is 25.3 Å². The van der Waals surface area contributed by atoms with E-state index in [4.69, 9.17) is 10.5 Å². The van der Waals surface area contributed by atoms with Gasteiger partial charge >= 0.3 is 0 Å². The zero-order valence-electron chi connectivity index (χ0n) is 21.4. The van der Waals surface area contributed by atoms with Crippen molar-refractivity contribution in [1.82, 2.24) is 19.8 Å². The first-order valence-corrected chi connectivity index (χ1v) is 12.7. The van der Waals surface area contributed by atoms with E-state index < -0.39 is 0 Å². The van der Waals surface area contributed by atoms with Gasteiger partial charge in [0, 0.05) is 31.8 Å². The normalized spacial score (nSPS) is 20.9. The SMILES string of the molecule is CN(C)CC=CC(=O)N1CCC2(CC(Nc3ncnc(N)c3-c3ccc(Oc4ccccc4)cc3)C2)C1. The van der Waals surface area contributed by atoms with E-state index in [0.717, 1.165) is 67.3 Å². The average molecular weight is 499 g/mol. The molecule has 8 nitrogen and oxygen atoms in total. The Morgan fingerprint density at radius 3 is 2.59 bits per heavy atom. The van der Waals surface area contributed by atoms with Crippen LogP contribution in [0.15, 0.2) is 73.1 Å². The van der Waals surface area contributed by atoms with Crippen LogP contribution in [0.2, 0.25) is 0 Å². The summed E-state index contributed by atoms with van der Waals surface area (Å²) in [4.78, 5) is 25.3. The van der Waals surface area contributed by atoms with Crippen LogP contribution in [0.3, 0.4) is 0 Å². The molecule has 1 saturated carbocycles. The number of rotatable bonds is 8. The number of para-hydroxylation sites is 1. The van der Waals surface area contributed by atoms with Gasteiger partial charge in [0.2, 0.25) is 5.91 Å². The molecule has 1 aliphatic heterocycles. The van der Waals surface area contributed by atoms with Gasteiger partial charge in [0.1, 0.15) is 29.5 Å². The molecule has 8 heteroatoms. The Bertz CT molecular complexity index is 1250. The molecule has 0 unspecified atom stereocenters. The number of amides is 1. The van der Waals surface area contributed by atoms with Crippen molar-refractivity contribution in [3.05, 3.63) is 73.1 Å². The van der Waals surface area contributed by atoms with Crippen LogP contribution in [0.5, 0.6) is 11.5 Å². The summed E-state index contributed by atoms with van der Waals surface area (Å²) < 4.78 is 5.92. The third kappa shape index (κ3) is 5.75. The van der Waals surface area contributed by atoms with Crippen molar-refractivity contribution in [2.75, 3.05) is 44.8 Å².